The Bertz CT molecular complexity index is 941. The number of nitrogen functional groups attached to an aromatic ring is 1. The molecule has 1 aromatic carbocycles. The minimum atomic E-state index is -0.457. The molecular weight excluding hydrogens is 396 g/mol. The summed E-state index contributed by atoms with van der Waals surface area (Å²) in [6.45, 7) is 0. The minimum absolute atomic E-state index is 0.00424. The fourth-order valence-electron chi connectivity index (χ4n) is 1.93. The van der Waals surface area contributed by atoms with Gasteiger partial charge in [-0.15, -0.1) is 21.5 Å². The predicted molar refractivity (Wildman–Crippen MR) is 102 cm³/mol. The molecule has 134 valence electrons. The zero-order chi connectivity index (χ0) is 18.5. The van der Waals surface area contributed by atoms with Gasteiger partial charge in [0.25, 0.3) is 5.69 Å². The molecule has 0 aliphatic carbocycles. The lowest BCUT2D eigenvalue weighted by Gasteiger charge is -2.00. The highest BCUT2D eigenvalue weighted by molar-refractivity contribution is 8.01. The second kappa shape index (κ2) is 8.21. The standard InChI is InChI=1S/C14H12N6O3S3/c15-12-18-19-14(26-12)24-5-4-11(21)17-13-16-10(7-25-13)8-2-1-3-9(6-8)20(22)23/h1-3,6-7H,4-5H2,(H2,15,18)(H,16,17,21). The third-order valence-corrected chi connectivity index (χ3v) is 5.73. The Morgan fingerprint density at radius 2 is 2.23 bits per heavy atom. The lowest BCUT2D eigenvalue weighted by molar-refractivity contribution is -0.384. The number of nitro benzene ring substituents is 1. The molecule has 12 heteroatoms. The first kappa shape index (κ1) is 18.2. The van der Waals surface area contributed by atoms with E-state index in [1.165, 1.54) is 46.6 Å². The van der Waals surface area contributed by atoms with Crippen LogP contribution >= 0.6 is 34.4 Å². The Kier molecular flexibility index (Phi) is 5.75. The molecule has 2 heterocycles. The number of hydrogen-bond acceptors (Lipinski definition) is 10. The number of nitrogens with two attached hydrogens (primary N) is 1. The van der Waals surface area contributed by atoms with Crippen molar-refractivity contribution < 1.29 is 9.72 Å². The largest absolute Gasteiger partial charge is 0.374 e. The summed E-state index contributed by atoms with van der Waals surface area (Å²) in [5, 5.41) is 23.7. The van der Waals surface area contributed by atoms with Gasteiger partial charge >= 0.3 is 0 Å². The maximum atomic E-state index is 12.0. The summed E-state index contributed by atoms with van der Waals surface area (Å²) >= 11 is 3.95. The summed E-state index contributed by atoms with van der Waals surface area (Å²) < 4.78 is 0.720. The number of amides is 1. The number of thiazole rings is 1. The lowest BCUT2D eigenvalue weighted by Crippen LogP contribution is -2.11. The fourth-order valence-corrected chi connectivity index (χ4v) is 4.31. The van der Waals surface area contributed by atoms with Gasteiger partial charge in [0.15, 0.2) is 9.47 Å². The quantitative estimate of drug-likeness (QED) is 0.345. The van der Waals surface area contributed by atoms with Gasteiger partial charge in [0.1, 0.15) is 0 Å². The summed E-state index contributed by atoms with van der Waals surface area (Å²) in [4.78, 5) is 26.7. The first-order valence-electron chi connectivity index (χ1n) is 7.23. The van der Waals surface area contributed by atoms with E-state index in [1.807, 2.05) is 0 Å². The van der Waals surface area contributed by atoms with Gasteiger partial charge < -0.3 is 11.1 Å². The van der Waals surface area contributed by atoms with Crippen LogP contribution in [0.5, 0.6) is 0 Å². The molecule has 0 saturated carbocycles. The molecule has 0 saturated heterocycles. The van der Waals surface area contributed by atoms with Crippen molar-refractivity contribution in [1.82, 2.24) is 15.2 Å². The first-order valence-corrected chi connectivity index (χ1v) is 9.91. The highest BCUT2D eigenvalue weighted by Crippen LogP contribution is 2.28. The lowest BCUT2D eigenvalue weighted by atomic mass is 10.1. The van der Waals surface area contributed by atoms with Gasteiger partial charge in [0, 0.05) is 35.2 Å². The zero-order valence-electron chi connectivity index (χ0n) is 13.1. The summed E-state index contributed by atoms with van der Waals surface area (Å²) in [6, 6.07) is 6.20. The number of rotatable bonds is 7. The number of nitro groups is 1. The van der Waals surface area contributed by atoms with E-state index in [2.05, 4.69) is 20.5 Å². The highest BCUT2D eigenvalue weighted by atomic mass is 32.2. The van der Waals surface area contributed by atoms with Crippen LogP contribution in [0.2, 0.25) is 0 Å². The maximum absolute atomic E-state index is 12.0. The van der Waals surface area contributed by atoms with E-state index in [9.17, 15) is 14.9 Å². The van der Waals surface area contributed by atoms with Crippen LogP contribution in [0.3, 0.4) is 0 Å². The van der Waals surface area contributed by atoms with Gasteiger partial charge in [-0.1, -0.05) is 35.2 Å². The smallest absolute Gasteiger partial charge is 0.270 e. The molecule has 9 nitrogen and oxygen atoms in total. The van der Waals surface area contributed by atoms with Gasteiger partial charge in [0.05, 0.1) is 10.6 Å². The van der Waals surface area contributed by atoms with E-state index in [0.717, 1.165) is 4.34 Å². The van der Waals surface area contributed by atoms with Crippen molar-refractivity contribution in [3.63, 3.8) is 0 Å². The van der Waals surface area contributed by atoms with Crippen LogP contribution in [0.4, 0.5) is 16.0 Å². The average Bonchev–Trinajstić information content (AvgIpc) is 3.24. The monoisotopic (exact) mass is 408 g/mol. The molecule has 3 N–H and O–H groups in total. The molecule has 3 aromatic rings. The third kappa shape index (κ3) is 4.74. The number of hydrogen-bond donors (Lipinski definition) is 2. The molecule has 0 unspecified atom stereocenters. The van der Waals surface area contributed by atoms with E-state index in [4.69, 9.17) is 5.73 Å². The van der Waals surface area contributed by atoms with E-state index < -0.39 is 4.92 Å². The molecule has 2 aromatic heterocycles. The van der Waals surface area contributed by atoms with Crippen molar-refractivity contribution in [2.45, 2.75) is 10.8 Å². The van der Waals surface area contributed by atoms with Crippen molar-refractivity contribution in [2.24, 2.45) is 0 Å². The number of carbonyl (C=O) groups is 1. The molecular formula is C14H12N6O3S3. The van der Waals surface area contributed by atoms with E-state index >= 15 is 0 Å². The fraction of sp³-hybridized carbons (Fsp3) is 0.143. The van der Waals surface area contributed by atoms with Gasteiger partial charge in [-0.05, 0) is 0 Å². The van der Waals surface area contributed by atoms with Crippen molar-refractivity contribution in [3.05, 3.63) is 39.8 Å². The predicted octanol–water partition coefficient (Wildman–Crippen LogP) is 3.27. The Morgan fingerprint density at radius 1 is 1.38 bits per heavy atom. The molecule has 1 amide bonds. The molecule has 0 radical (unpaired) electrons. The molecule has 0 fully saturated rings. The summed E-state index contributed by atoms with van der Waals surface area (Å²) in [6.07, 6.45) is 0.288. The summed E-state index contributed by atoms with van der Waals surface area (Å²) in [5.74, 6) is 0.374. The Morgan fingerprint density at radius 3 is 2.96 bits per heavy atom. The number of carbonyl (C=O) groups excluding carboxylic acids is 1. The third-order valence-electron chi connectivity index (χ3n) is 3.08. The summed E-state index contributed by atoms with van der Waals surface area (Å²) in [7, 11) is 0. The normalized spacial score (nSPS) is 10.6. The summed E-state index contributed by atoms with van der Waals surface area (Å²) in [5.41, 5.74) is 6.69. The number of nitrogens with zero attached hydrogens (tertiary/aromatic N) is 4. The second-order valence-electron chi connectivity index (χ2n) is 4.90. The SMILES string of the molecule is Nc1nnc(SCCC(=O)Nc2nc(-c3cccc([N+](=O)[O-])c3)cs2)s1. The van der Waals surface area contributed by atoms with Crippen LogP contribution in [-0.4, -0.2) is 31.8 Å². The Labute approximate surface area is 159 Å². The van der Waals surface area contributed by atoms with Gasteiger partial charge in [-0.25, -0.2) is 4.98 Å². The molecule has 0 aliphatic heterocycles. The van der Waals surface area contributed by atoms with Gasteiger partial charge in [-0.3, -0.25) is 14.9 Å². The van der Waals surface area contributed by atoms with Crippen LogP contribution in [0.15, 0.2) is 34.0 Å². The number of benzene rings is 1. The molecule has 0 aliphatic rings. The Balaban J connectivity index is 1.55. The van der Waals surface area contributed by atoms with Crippen molar-refractivity contribution >= 4 is 56.3 Å². The molecule has 26 heavy (non-hydrogen) atoms. The zero-order valence-corrected chi connectivity index (χ0v) is 15.6. The van der Waals surface area contributed by atoms with Gasteiger partial charge in [-0.2, -0.15) is 0 Å². The molecule has 0 atom stereocenters. The highest BCUT2D eigenvalue weighted by Gasteiger charge is 2.12. The van der Waals surface area contributed by atoms with E-state index in [0.29, 0.717) is 27.3 Å². The van der Waals surface area contributed by atoms with Crippen molar-refractivity contribution in [3.8, 4) is 11.3 Å². The number of nitrogens with one attached hydrogen (secondary N) is 1. The minimum Gasteiger partial charge on any atom is -0.374 e. The maximum Gasteiger partial charge on any atom is 0.270 e. The molecule has 0 bridgehead atoms. The molecule has 0 spiro atoms. The van der Waals surface area contributed by atoms with E-state index in [-0.39, 0.29) is 18.0 Å². The number of non-ortho nitro benzene ring substituents is 1. The van der Waals surface area contributed by atoms with Gasteiger partial charge in [0.2, 0.25) is 11.0 Å². The molecule has 3 rings (SSSR count). The second-order valence-corrected chi connectivity index (χ2v) is 8.11. The number of aromatic nitrogens is 3. The van der Waals surface area contributed by atoms with Crippen LogP contribution in [0, 0.1) is 10.1 Å². The average molecular weight is 408 g/mol. The Hall–Kier alpha value is -2.57. The topological polar surface area (TPSA) is 137 Å². The van der Waals surface area contributed by atoms with Crippen LogP contribution in [0.25, 0.3) is 11.3 Å². The van der Waals surface area contributed by atoms with E-state index in [1.54, 1.807) is 17.5 Å². The number of anilines is 2. The van der Waals surface area contributed by atoms with Crippen LogP contribution in [0.1, 0.15) is 6.42 Å². The van der Waals surface area contributed by atoms with Crippen LogP contribution in [-0.2, 0) is 4.79 Å². The van der Waals surface area contributed by atoms with Crippen molar-refractivity contribution in [2.75, 3.05) is 16.8 Å². The number of thioether (sulfide) groups is 1. The first-order chi connectivity index (χ1) is 12.5. The van der Waals surface area contributed by atoms with Crippen LogP contribution < -0.4 is 11.1 Å². The van der Waals surface area contributed by atoms with Crippen molar-refractivity contribution in [1.29, 1.82) is 0 Å².